The van der Waals surface area contributed by atoms with Crippen molar-refractivity contribution >= 4 is 17.9 Å². The number of rotatable bonds is 17. The van der Waals surface area contributed by atoms with Crippen LogP contribution in [0.5, 0.6) is 0 Å². The zero-order valence-corrected chi connectivity index (χ0v) is 18.6. The Morgan fingerprint density at radius 1 is 0.800 bits per heavy atom. The molecule has 0 aliphatic rings. The van der Waals surface area contributed by atoms with Gasteiger partial charge in [0.1, 0.15) is 6.54 Å². The minimum atomic E-state index is -0.983. The van der Waals surface area contributed by atoms with Gasteiger partial charge >= 0.3 is 17.9 Å². The van der Waals surface area contributed by atoms with Gasteiger partial charge in [-0.15, -0.1) is 0 Å². The van der Waals surface area contributed by atoms with Crippen LogP contribution in [0.1, 0.15) is 57.8 Å². The van der Waals surface area contributed by atoms with Crippen LogP contribution in [-0.2, 0) is 19.1 Å². The molecule has 0 saturated carbocycles. The molecular formula is C23H38NO6+. The number of allylic oxidation sites excluding steroid dienone is 5. The molecule has 30 heavy (non-hydrogen) atoms. The minimum absolute atomic E-state index is 0.200. The molecule has 7 nitrogen and oxygen atoms in total. The summed E-state index contributed by atoms with van der Waals surface area (Å²) in [7, 11) is 5.76. The fourth-order valence-corrected chi connectivity index (χ4v) is 2.73. The molecule has 2 N–H and O–H groups in total. The van der Waals surface area contributed by atoms with Gasteiger partial charge in [0.15, 0.2) is 6.10 Å². The summed E-state index contributed by atoms with van der Waals surface area (Å²) in [5.41, 5.74) is 0. The Morgan fingerprint density at radius 2 is 1.33 bits per heavy atom. The first-order valence-electron chi connectivity index (χ1n) is 10.5. The average Bonchev–Trinajstić information content (AvgIpc) is 2.59. The maximum atomic E-state index is 11.9. The average molecular weight is 425 g/mol. The highest BCUT2D eigenvalue weighted by Crippen LogP contribution is 2.07. The third kappa shape index (κ3) is 20.3. The van der Waals surface area contributed by atoms with Crippen molar-refractivity contribution in [2.75, 3.05) is 27.7 Å². The predicted octanol–water partition coefficient (Wildman–Crippen LogP) is 3.95. The maximum Gasteiger partial charge on any atom is 0.330 e. The molecule has 0 aliphatic heterocycles. The van der Waals surface area contributed by atoms with Gasteiger partial charge in [-0.3, -0.25) is 9.59 Å². The van der Waals surface area contributed by atoms with Crippen LogP contribution in [0.3, 0.4) is 0 Å². The number of carbonyl (C=O) groups excluding carboxylic acids is 1. The Hall–Kier alpha value is -2.41. The van der Waals surface area contributed by atoms with Gasteiger partial charge in [0, 0.05) is 12.5 Å². The van der Waals surface area contributed by atoms with E-state index in [1.54, 1.807) is 6.08 Å². The third-order valence-electron chi connectivity index (χ3n) is 4.04. The van der Waals surface area contributed by atoms with Gasteiger partial charge in [0.05, 0.1) is 27.6 Å². The lowest BCUT2D eigenvalue weighted by Crippen LogP contribution is -2.43. The molecule has 1 unspecified atom stereocenters. The van der Waals surface area contributed by atoms with Crippen molar-refractivity contribution in [2.24, 2.45) is 0 Å². The van der Waals surface area contributed by atoms with E-state index in [1.165, 1.54) is 6.08 Å². The fraction of sp³-hybridized carbons (Fsp3) is 0.609. The van der Waals surface area contributed by atoms with Crippen molar-refractivity contribution in [1.29, 1.82) is 0 Å². The monoisotopic (exact) mass is 424 g/mol. The number of ether oxygens (including phenoxy) is 1. The SMILES string of the molecule is C[N+](C)(C)CC(CC(=O)O)OC(=O)/C=C\CC/C=C/CC/C=C/CCCCC(=O)O. The number of carboxylic acid groups (broad SMARTS) is 2. The number of unbranched alkanes of at least 4 members (excludes halogenated alkanes) is 4. The molecule has 7 heteroatoms. The predicted molar refractivity (Wildman–Crippen MR) is 117 cm³/mol. The zero-order chi connectivity index (χ0) is 22.8. The lowest BCUT2D eigenvalue weighted by Gasteiger charge is -2.28. The topological polar surface area (TPSA) is 101 Å². The highest BCUT2D eigenvalue weighted by Gasteiger charge is 2.23. The number of aliphatic carboxylic acids is 2. The molecule has 0 aromatic rings. The Labute approximate surface area is 180 Å². The highest BCUT2D eigenvalue weighted by molar-refractivity contribution is 5.82. The molecule has 0 radical (unpaired) electrons. The molecule has 0 saturated heterocycles. The summed E-state index contributed by atoms with van der Waals surface area (Å²) in [6.45, 7) is 0.436. The van der Waals surface area contributed by atoms with Crippen LogP contribution in [0.25, 0.3) is 0 Å². The van der Waals surface area contributed by atoms with Gasteiger partial charge in [-0.2, -0.15) is 0 Å². The second-order valence-electron chi connectivity index (χ2n) is 8.27. The second-order valence-corrected chi connectivity index (χ2v) is 8.27. The Bertz CT molecular complexity index is 601. The lowest BCUT2D eigenvalue weighted by molar-refractivity contribution is -0.873. The zero-order valence-electron chi connectivity index (χ0n) is 18.6. The summed E-state index contributed by atoms with van der Waals surface area (Å²) in [6, 6.07) is 0. The first-order chi connectivity index (χ1) is 14.1. The van der Waals surface area contributed by atoms with Gasteiger partial charge in [0.25, 0.3) is 0 Å². The van der Waals surface area contributed by atoms with E-state index in [0.717, 1.165) is 38.5 Å². The first kappa shape index (κ1) is 27.6. The smallest absolute Gasteiger partial charge is 0.330 e. The Balaban J connectivity index is 3.93. The van der Waals surface area contributed by atoms with Gasteiger partial charge in [0.2, 0.25) is 0 Å². The van der Waals surface area contributed by atoms with Crippen LogP contribution < -0.4 is 0 Å². The molecule has 1 atom stereocenters. The Morgan fingerprint density at radius 3 is 1.83 bits per heavy atom. The molecule has 0 heterocycles. The standard InChI is InChI=1S/C23H37NO6/c1-24(2,3)19-20(18-22(27)28)30-23(29)17-15-13-11-9-7-5-4-6-8-10-12-14-16-21(25)26/h6-9,15,17,20H,4-5,10-14,16,18-19H2,1-3H3,(H-,25,26,27,28)/p+1/b8-6+,9-7+,17-15-. The molecule has 170 valence electrons. The summed E-state index contributed by atoms with van der Waals surface area (Å²) < 4.78 is 5.79. The fourth-order valence-electron chi connectivity index (χ4n) is 2.73. The van der Waals surface area contributed by atoms with Gasteiger partial charge in [-0.1, -0.05) is 30.4 Å². The highest BCUT2D eigenvalue weighted by atomic mass is 16.5. The molecule has 0 aliphatic carbocycles. The number of carbonyl (C=O) groups is 3. The minimum Gasteiger partial charge on any atom is -0.481 e. The summed E-state index contributed by atoms with van der Waals surface area (Å²) in [5, 5.41) is 17.5. The van der Waals surface area contributed by atoms with Crippen molar-refractivity contribution in [3.8, 4) is 0 Å². The van der Waals surface area contributed by atoms with Crippen LogP contribution >= 0.6 is 0 Å². The van der Waals surface area contributed by atoms with Crippen LogP contribution in [0, 0.1) is 0 Å². The van der Waals surface area contributed by atoms with Gasteiger partial charge in [-0.05, 0) is 44.9 Å². The van der Waals surface area contributed by atoms with Crippen molar-refractivity contribution in [3.63, 3.8) is 0 Å². The van der Waals surface area contributed by atoms with Gasteiger partial charge < -0.3 is 19.4 Å². The van der Waals surface area contributed by atoms with E-state index in [2.05, 4.69) is 24.3 Å². The molecule has 0 aromatic heterocycles. The van der Waals surface area contributed by atoms with E-state index in [9.17, 15) is 14.4 Å². The second kappa shape index (κ2) is 16.4. The van der Waals surface area contributed by atoms with Crippen LogP contribution in [0.4, 0.5) is 0 Å². The summed E-state index contributed by atoms with van der Waals surface area (Å²) in [6.07, 6.45) is 16.9. The van der Waals surface area contributed by atoms with Crippen molar-refractivity contribution < 1.29 is 33.8 Å². The van der Waals surface area contributed by atoms with Crippen LogP contribution in [0.2, 0.25) is 0 Å². The van der Waals surface area contributed by atoms with Crippen LogP contribution in [0.15, 0.2) is 36.5 Å². The van der Waals surface area contributed by atoms with E-state index < -0.39 is 24.0 Å². The molecule has 0 aromatic carbocycles. The quantitative estimate of drug-likeness (QED) is 0.121. The first-order valence-corrected chi connectivity index (χ1v) is 10.5. The molecule has 0 rings (SSSR count). The van der Waals surface area contributed by atoms with E-state index in [-0.39, 0.29) is 12.8 Å². The normalized spacial score (nSPS) is 13.3. The summed E-state index contributed by atoms with van der Waals surface area (Å²) >= 11 is 0. The number of nitrogens with zero attached hydrogens (tertiary/aromatic N) is 1. The number of esters is 1. The number of likely N-dealkylation sites (N-methyl/N-ethyl adjacent to an activating group) is 1. The molecule has 0 amide bonds. The molecule has 0 fully saturated rings. The molecule has 0 bridgehead atoms. The summed E-state index contributed by atoms with van der Waals surface area (Å²) in [5.74, 6) is -2.23. The third-order valence-corrected chi connectivity index (χ3v) is 4.04. The maximum absolute atomic E-state index is 11.9. The number of hydrogen-bond donors (Lipinski definition) is 2. The van der Waals surface area contributed by atoms with E-state index in [4.69, 9.17) is 14.9 Å². The van der Waals surface area contributed by atoms with E-state index in [0.29, 0.717) is 17.4 Å². The molecule has 0 spiro atoms. The van der Waals surface area contributed by atoms with Crippen molar-refractivity contribution in [1.82, 2.24) is 0 Å². The summed E-state index contributed by atoms with van der Waals surface area (Å²) in [4.78, 5) is 33.2. The van der Waals surface area contributed by atoms with E-state index >= 15 is 0 Å². The van der Waals surface area contributed by atoms with Gasteiger partial charge in [-0.25, -0.2) is 4.79 Å². The van der Waals surface area contributed by atoms with Crippen molar-refractivity contribution in [3.05, 3.63) is 36.5 Å². The number of quaternary nitrogens is 1. The Kier molecular flexibility index (Phi) is 15.1. The lowest BCUT2D eigenvalue weighted by atomic mass is 10.1. The van der Waals surface area contributed by atoms with E-state index in [1.807, 2.05) is 21.1 Å². The number of hydrogen-bond acceptors (Lipinski definition) is 4. The van der Waals surface area contributed by atoms with Crippen molar-refractivity contribution in [2.45, 2.75) is 63.9 Å². The molecular weight excluding hydrogens is 386 g/mol. The largest absolute Gasteiger partial charge is 0.481 e. The number of carboxylic acids is 2. The van der Waals surface area contributed by atoms with Crippen LogP contribution in [-0.4, -0.2) is 66.4 Å².